The Bertz CT molecular complexity index is 349. The number of nitrogens with one attached hydrogen (secondary N) is 1. The molecule has 3 fully saturated rings. The van der Waals surface area contributed by atoms with Crippen LogP contribution in [0.15, 0.2) is 0 Å². The lowest BCUT2D eigenvalue weighted by molar-refractivity contribution is -0.131. The second-order valence-electron chi connectivity index (χ2n) is 6.15. The average molecular weight is 253 g/mol. The highest BCUT2D eigenvalue weighted by atomic mass is 16.5. The van der Waals surface area contributed by atoms with Crippen LogP contribution < -0.4 is 11.1 Å². The molecule has 3 aliphatic rings. The summed E-state index contributed by atoms with van der Waals surface area (Å²) < 4.78 is 5.35. The summed E-state index contributed by atoms with van der Waals surface area (Å²) in [5.41, 5.74) is 5.45. The smallest absolute Gasteiger partial charge is 0.230 e. The second kappa shape index (κ2) is 4.47. The summed E-state index contributed by atoms with van der Waals surface area (Å²) in [6, 6.07) is 0.680. The number of rotatable bonds is 2. The minimum atomic E-state index is -0.550. The molecule has 3 rings (SSSR count). The van der Waals surface area contributed by atoms with Gasteiger partial charge in [-0.1, -0.05) is 0 Å². The SMILES string of the molecule is CC1(C(=O)NC2CCN3CCCC23)COCC1N. The largest absolute Gasteiger partial charge is 0.379 e. The van der Waals surface area contributed by atoms with Crippen LogP contribution in [-0.2, 0) is 9.53 Å². The summed E-state index contributed by atoms with van der Waals surface area (Å²) in [7, 11) is 0. The Morgan fingerprint density at radius 2 is 2.28 bits per heavy atom. The van der Waals surface area contributed by atoms with E-state index in [4.69, 9.17) is 10.5 Å². The van der Waals surface area contributed by atoms with E-state index in [-0.39, 0.29) is 11.9 Å². The van der Waals surface area contributed by atoms with E-state index in [2.05, 4.69) is 10.2 Å². The molecule has 0 saturated carbocycles. The highest BCUT2D eigenvalue weighted by molar-refractivity contribution is 5.84. The number of ether oxygens (including phenoxy) is 1. The number of hydrogen-bond donors (Lipinski definition) is 2. The Hall–Kier alpha value is -0.650. The van der Waals surface area contributed by atoms with Crippen molar-refractivity contribution in [2.45, 2.75) is 44.3 Å². The van der Waals surface area contributed by atoms with Crippen LogP contribution in [0.4, 0.5) is 0 Å². The number of nitrogens with two attached hydrogens (primary N) is 1. The van der Waals surface area contributed by atoms with Crippen LogP contribution in [0.5, 0.6) is 0 Å². The van der Waals surface area contributed by atoms with Gasteiger partial charge >= 0.3 is 0 Å². The van der Waals surface area contributed by atoms with Gasteiger partial charge in [-0.2, -0.15) is 0 Å². The Morgan fingerprint density at radius 1 is 1.44 bits per heavy atom. The Labute approximate surface area is 108 Å². The van der Waals surface area contributed by atoms with Crippen LogP contribution in [0.2, 0.25) is 0 Å². The Morgan fingerprint density at radius 3 is 3.00 bits per heavy atom. The zero-order valence-corrected chi connectivity index (χ0v) is 11.0. The van der Waals surface area contributed by atoms with Crippen molar-refractivity contribution in [3.05, 3.63) is 0 Å². The van der Waals surface area contributed by atoms with Crippen molar-refractivity contribution in [1.29, 1.82) is 0 Å². The van der Waals surface area contributed by atoms with Gasteiger partial charge in [-0.25, -0.2) is 0 Å². The maximum atomic E-state index is 12.4. The molecule has 0 bridgehead atoms. The van der Waals surface area contributed by atoms with Gasteiger partial charge in [0.05, 0.1) is 18.6 Å². The van der Waals surface area contributed by atoms with E-state index in [0.717, 1.165) is 13.0 Å². The number of carbonyl (C=O) groups excluding carboxylic acids is 1. The molecule has 3 N–H and O–H groups in total. The molecule has 102 valence electrons. The number of hydrogen-bond acceptors (Lipinski definition) is 4. The first-order valence-electron chi connectivity index (χ1n) is 6.99. The standard InChI is InChI=1S/C13H23N3O2/c1-13(8-18-7-11(13)14)12(17)15-9-4-6-16-5-2-3-10(9)16/h9-11H,2-8,14H2,1H3,(H,15,17). The molecule has 4 atom stereocenters. The van der Waals surface area contributed by atoms with E-state index in [1.54, 1.807) is 0 Å². The second-order valence-corrected chi connectivity index (χ2v) is 6.15. The quantitative estimate of drug-likeness (QED) is 0.709. The van der Waals surface area contributed by atoms with Crippen molar-refractivity contribution < 1.29 is 9.53 Å². The van der Waals surface area contributed by atoms with Crippen LogP contribution in [-0.4, -0.2) is 55.2 Å². The third kappa shape index (κ3) is 1.85. The molecule has 3 saturated heterocycles. The van der Waals surface area contributed by atoms with Gasteiger partial charge in [-0.15, -0.1) is 0 Å². The van der Waals surface area contributed by atoms with Gasteiger partial charge in [0.15, 0.2) is 0 Å². The molecule has 0 spiro atoms. The molecule has 0 aromatic heterocycles. The molecule has 0 radical (unpaired) electrons. The molecular weight excluding hydrogens is 230 g/mol. The minimum Gasteiger partial charge on any atom is -0.379 e. The third-order valence-corrected chi connectivity index (χ3v) is 4.96. The molecule has 5 heteroatoms. The van der Waals surface area contributed by atoms with Gasteiger partial charge in [0, 0.05) is 24.7 Å². The lowest BCUT2D eigenvalue weighted by atomic mass is 9.84. The minimum absolute atomic E-state index is 0.0752. The van der Waals surface area contributed by atoms with Crippen LogP contribution in [0.25, 0.3) is 0 Å². The first-order valence-corrected chi connectivity index (χ1v) is 6.99. The normalized spacial score (nSPS) is 44.2. The van der Waals surface area contributed by atoms with Gasteiger partial charge in [0.2, 0.25) is 5.91 Å². The number of nitrogens with zero attached hydrogens (tertiary/aromatic N) is 1. The predicted molar refractivity (Wildman–Crippen MR) is 68.0 cm³/mol. The number of fused-ring (bicyclic) bond motifs is 1. The van der Waals surface area contributed by atoms with Crippen LogP contribution in [0.1, 0.15) is 26.2 Å². The first-order chi connectivity index (χ1) is 8.61. The molecule has 1 amide bonds. The van der Waals surface area contributed by atoms with Crippen molar-refractivity contribution in [3.8, 4) is 0 Å². The Balaban J connectivity index is 1.64. The van der Waals surface area contributed by atoms with Crippen LogP contribution in [0.3, 0.4) is 0 Å². The van der Waals surface area contributed by atoms with Crippen LogP contribution in [0, 0.1) is 5.41 Å². The maximum absolute atomic E-state index is 12.4. The average Bonchev–Trinajstić information content (AvgIpc) is 2.99. The lowest BCUT2D eigenvalue weighted by Crippen LogP contribution is -2.54. The lowest BCUT2D eigenvalue weighted by Gasteiger charge is -2.29. The van der Waals surface area contributed by atoms with Crippen molar-refractivity contribution in [1.82, 2.24) is 10.2 Å². The monoisotopic (exact) mass is 253 g/mol. The topological polar surface area (TPSA) is 67.6 Å². The molecule has 5 nitrogen and oxygen atoms in total. The molecule has 0 aliphatic carbocycles. The zero-order chi connectivity index (χ0) is 12.8. The predicted octanol–water partition coefficient (Wildman–Crippen LogP) is -0.297. The molecule has 3 aliphatic heterocycles. The third-order valence-electron chi connectivity index (χ3n) is 4.96. The van der Waals surface area contributed by atoms with Crippen molar-refractivity contribution >= 4 is 5.91 Å². The summed E-state index contributed by atoms with van der Waals surface area (Å²) in [6.07, 6.45) is 3.55. The molecule has 0 aromatic carbocycles. The van der Waals surface area contributed by atoms with E-state index in [0.29, 0.717) is 25.3 Å². The summed E-state index contributed by atoms with van der Waals surface area (Å²) in [5.74, 6) is 0.0752. The van der Waals surface area contributed by atoms with Gasteiger partial charge in [0.1, 0.15) is 0 Å². The number of carbonyl (C=O) groups is 1. The molecular formula is C13H23N3O2. The van der Waals surface area contributed by atoms with Gasteiger partial charge in [-0.05, 0) is 32.7 Å². The zero-order valence-electron chi connectivity index (χ0n) is 11.0. The van der Waals surface area contributed by atoms with E-state index < -0.39 is 5.41 Å². The summed E-state index contributed by atoms with van der Waals surface area (Å²) in [6.45, 7) is 5.17. The van der Waals surface area contributed by atoms with E-state index in [1.165, 1.54) is 19.4 Å². The van der Waals surface area contributed by atoms with Crippen molar-refractivity contribution in [2.24, 2.45) is 11.1 Å². The van der Waals surface area contributed by atoms with E-state index in [1.807, 2.05) is 6.92 Å². The van der Waals surface area contributed by atoms with Gasteiger partial charge in [-0.3, -0.25) is 9.69 Å². The van der Waals surface area contributed by atoms with Crippen molar-refractivity contribution in [3.63, 3.8) is 0 Å². The van der Waals surface area contributed by atoms with E-state index >= 15 is 0 Å². The fraction of sp³-hybridized carbons (Fsp3) is 0.923. The number of amides is 1. The highest BCUT2D eigenvalue weighted by Crippen LogP contribution is 2.31. The fourth-order valence-electron chi connectivity index (χ4n) is 3.51. The van der Waals surface area contributed by atoms with E-state index in [9.17, 15) is 4.79 Å². The Kier molecular flexibility index (Phi) is 3.08. The molecule has 18 heavy (non-hydrogen) atoms. The first kappa shape index (κ1) is 12.4. The highest BCUT2D eigenvalue weighted by Gasteiger charge is 2.46. The summed E-state index contributed by atoms with van der Waals surface area (Å²) in [4.78, 5) is 14.9. The molecule has 3 heterocycles. The van der Waals surface area contributed by atoms with Crippen molar-refractivity contribution in [2.75, 3.05) is 26.3 Å². The summed E-state index contributed by atoms with van der Waals surface area (Å²) in [5, 5.41) is 3.22. The maximum Gasteiger partial charge on any atom is 0.230 e. The summed E-state index contributed by atoms with van der Waals surface area (Å²) >= 11 is 0. The fourth-order valence-corrected chi connectivity index (χ4v) is 3.51. The molecule has 0 aromatic rings. The van der Waals surface area contributed by atoms with Gasteiger partial charge in [0.25, 0.3) is 0 Å². The van der Waals surface area contributed by atoms with Gasteiger partial charge < -0.3 is 15.8 Å². The molecule has 4 unspecified atom stereocenters. The van der Waals surface area contributed by atoms with Crippen LogP contribution >= 0.6 is 0 Å².